The Bertz CT molecular complexity index is 722. The molecule has 0 bridgehead atoms. The van der Waals surface area contributed by atoms with Crippen LogP contribution in [0, 0.1) is 0 Å². The van der Waals surface area contributed by atoms with Gasteiger partial charge in [-0.25, -0.2) is 13.2 Å². The monoisotopic (exact) mass is 363 g/mol. The van der Waals surface area contributed by atoms with Crippen LogP contribution >= 0.6 is 15.9 Å². The molecule has 2 heterocycles. The zero-order chi connectivity index (χ0) is 14.9. The lowest BCUT2D eigenvalue weighted by Gasteiger charge is -2.15. The number of nitrogens with zero attached hydrogens (tertiary/aromatic N) is 2. The van der Waals surface area contributed by atoms with Gasteiger partial charge in [0, 0.05) is 31.4 Å². The minimum absolute atomic E-state index is 0.0961. The highest BCUT2D eigenvalue weighted by Gasteiger charge is 2.28. The lowest BCUT2D eigenvalue weighted by Crippen LogP contribution is -2.26. The molecule has 20 heavy (non-hydrogen) atoms. The molecule has 0 aliphatic heterocycles. The number of hydrogen-bond acceptors (Lipinski definition) is 5. The molecule has 0 spiro atoms. The second-order valence-electron chi connectivity index (χ2n) is 3.92. The molecule has 2 aromatic heterocycles. The molecule has 0 radical (unpaired) electrons. The van der Waals surface area contributed by atoms with E-state index in [1.807, 2.05) is 0 Å². The van der Waals surface area contributed by atoms with Gasteiger partial charge in [0.25, 0.3) is 0 Å². The third-order valence-electron chi connectivity index (χ3n) is 2.51. The van der Waals surface area contributed by atoms with E-state index in [1.54, 1.807) is 6.20 Å². The number of carbonyl (C=O) groups is 1. The summed E-state index contributed by atoms with van der Waals surface area (Å²) in [5, 5.41) is 15.1. The summed E-state index contributed by atoms with van der Waals surface area (Å²) >= 11 is 2.91. The summed E-state index contributed by atoms with van der Waals surface area (Å²) in [6.07, 6.45) is 3.07. The topological polar surface area (TPSA) is 116 Å². The number of carboxylic acids is 1. The predicted octanol–water partition coefficient (Wildman–Crippen LogP) is 1.28. The van der Waals surface area contributed by atoms with E-state index in [0.29, 0.717) is 5.56 Å². The Morgan fingerprint density at radius 2 is 2.30 bits per heavy atom. The van der Waals surface area contributed by atoms with E-state index in [0.717, 1.165) is 10.4 Å². The molecule has 0 fully saturated rings. The van der Waals surface area contributed by atoms with Crippen LogP contribution in [-0.2, 0) is 16.6 Å². The number of aromatic amines is 1. The van der Waals surface area contributed by atoms with Gasteiger partial charge in [0.1, 0.15) is 4.90 Å². The van der Waals surface area contributed by atoms with Gasteiger partial charge in [-0.3, -0.25) is 5.10 Å². The summed E-state index contributed by atoms with van der Waals surface area (Å²) in [6.45, 7) is 0.0961. The van der Waals surface area contributed by atoms with E-state index in [9.17, 15) is 13.2 Å². The maximum Gasteiger partial charge on any atom is 0.371 e. The molecule has 0 saturated heterocycles. The number of aromatic carboxylic acids is 1. The van der Waals surface area contributed by atoms with Crippen LogP contribution in [0.25, 0.3) is 0 Å². The van der Waals surface area contributed by atoms with Crippen LogP contribution in [0.1, 0.15) is 16.1 Å². The van der Waals surface area contributed by atoms with Crippen LogP contribution in [0.2, 0.25) is 0 Å². The van der Waals surface area contributed by atoms with E-state index in [-0.39, 0.29) is 16.1 Å². The van der Waals surface area contributed by atoms with Crippen molar-refractivity contribution in [1.29, 1.82) is 0 Å². The summed E-state index contributed by atoms with van der Waals surface area (Å²) in [7, 11) is -2.49. The summed E-state index contributed by atoms with van der Waals surface area (Å²) < 4.78 is 30.4. The highest BCUT2D eigenvalue weighted by Crippen LogP contribution is 2.28. The van der Waals surface area contributed by atoms with E-state index >= 15 is 0 Å². The van der Waals surface area contributed by atoms with Crippen molar-refractivity contribution in [3.05, 3.63) is 34.5 Å². The lowest BCUT2D eigenvalue weighted by molar-refractivity contribution is 0.0661. The molecule has 10 heteroatoms. The van der Waals surface area contributed by atoms with Crippen molar-refractivity contribution in [2.75, 3.05) is 7.05 Å². The molecule has 0 atom stereocenters. The fourth-order valence-corrected chi connectivity index (χ4v) is 3.57. The molecular weight excluding hydrogens is 354 g/mol. The van der Waals surface area contributed by atoms with Gasteiger partial charge >= 0.3 is 5.97 Å². The first-order valence-electron chi connectivity index (χ1n) is 5.29. The minimum atomic E-state index is -3.87. The van der Waals surface area contributed by atoms with Gasteiger partial charge in [0.2, 0.25) is 15.8 Å². The fourth-order valence-electron chi connectivity index (χ4n) is 1.51. The Morgan fingerprint density at radius 1 is 1.60 bits per heavy atom. The second kappa shape index (κ2) is 5.38. The molecule has 0 amide bonds. The Labute approximate surface area is 122 Å². The molecule has 0 aliphatic rings. The average molecular weight is 364 g/mol. The summed E-state index contributed by atoms with van der Waals surface area (Å²) in [5.74, 6) is -1.79. The number of H-pyrrole nitrogens is 1. The first-order valence-corrected chi connectivity index (χ1v) is 7.52. The van der Waals surface area contributed by atoms with Crippen LogP contribution in [0.15, 0.2) is 32.4 Å². The molecule has 108 valence electrons. The average Bonchev–Trinajstić information content (AvgIpc) is 2.98. The summed E-state index contributed by atoms with van der Waals surface area (Å²) in [6, 6.07) is 0.966. The van der Waals surface area contributed by atoms with E-state index < -0.39 is 21.8 Å². The normalized spacial score (nSPS) is 11.9. The molecule has 0 saturated carbocycles. The quantitative estimate of drug-likeness (QED) is 0.826. The van der Waals surface area contributed by atoms with Gasteiger partial charge in [0.05, 0.1) is 6.20 Å². The van der Waals surface area contributed by atoms with Crippen molar-refractivity contribution in [2.24, 2.45) is 0 Å². The molecular formula is C10H10BrN3O5S. The second-order valence-corrected chi connectivity index (χ2v) is 6.65. The molecule has 0 aliphatic carbocycles. The van der Waals surface area contributed by atoms with Gasteiger partial charge in [-0.2, -0.15) is 9.40 Å². The van der Waals surface area contributed by atoms with Gasteiger partial charge in [-0.15, -0.1) is 0 Å². The zero-order valence-corrected chi connectivity index (χ0v) is 12.6. The standard InChI is InChI=1S/C10H10BrN3O5S/c1-14(5-6-3-12-13-4-6)20(17,18)8-2-7(10(15)16)19-9(8)11/h2-4H,5H2,1H3,(H,12,13)(H,15,16). The maximum atomic E-state index is 12.3. The maximum absolute atomic E-state index is 12.3. The molecule has 8 nitrogen and oxygen atoms in total. The Balaban J connectivity index is 2.32. The number of nitrogens with one attached hydrogen (secondary N) is 1. The van der Waals surface area contributed by atoms with Crippen molar-refractivity contribution in [3.63, 3.8) is 0 Å². The van der Waals surface area contributed by atoms with Crippen molar-refractivity contribution in [1.82, 2.24) is 14.5 Å². The molecule has 0 unspecified atom stereocenters. The number of aromatic nitrogens is 2. The highest BCUT2D eigenvalue weighted by molar-refractivity contribution is 9.10. The predicted molar refractivity (Wildman–Crippen MR) is 70.6 cm³/mol. The van der Waals surface area contributed by atoms with Crippen molar-refractivity contribution < 1.29 is 22.7 Å². The van der Waals surface area contributed by atoms with E-state index in [2.05, 4.69) is 26.1 Å². The number of hydrogen-bond donors (Lipinski definition) is 2. The van der Waals surface area contributed by atoms with Crippen molar-refractivity contribution >= 4 is 31.9 Å². The van der Waals surface area contributed by atoms with Crippen molar-refractivity contribution in [3.8, 4) is 0 Å². The Morgan fingerprint density at radius 3 is 2.80 bits per heavy atom. The van der Waals surface area contributed by atoms with Gasteiger partial charge in [-0.05, 0) is 15.9 Å². The first-order chi connectivity index (χ1) is 9.32. The molecule has 2 rings (SSSR count). The molecule has 2 aromatic rings. The van der Waals surface area contributed by atoms with Gasteiger partial charge in [-0.1, -0.05) is 0 Å². The molecule has 0 aromatic carbocycles. The van der Waals surface area contributed by atoms with Crippen LogP contribution in [0.4, 0.5) is 0 Å². The number of halogens is 1. The number of sulfonamides is 1. The van der Waals surface area contributed by atoms with Crippen LogP contribution in [-0.4, -0.2) is 41.0 Å². The number of rotatable bonds is 5. The highest BCUT2D eigenvalue weighted by atomic mass is 79.9. The van der Waals surface area contributed by atoms with E-state index in [4.69, 9.17) is 9.52 Å². The van der Waals surface area contributed by atoms with Gasteiger partial charge < -0.3 is 9.52 Å². The third kappa shape index (κ3) is 2.76. The summed E-state index contributed by atoms with van der Waals surface area (Å²) in [4.78, 5) is 10.5. The smallest absolute Gasteiger partial charge is 0.371 e. The number of carboxylic acid groups (broad SMARTS) is 1. The SMILES string of the molecule is CN(Cc1cn[nH]c1)S(=O)(=O)c1cc(C(=O)O)oc1Br. The zero-order valence-electron chi connectivity index (χ0n) is 10.2. The van der Waals surface area contributed by atoms with Crippen LogP contribution < -0.4 is 0 Å². The number of furan rings is 1. The van der Waals surface area contributed by atoms with E-state index in [1.165, 1.54) is 13.2 Å². The van der Waals surface area contributed by atoms with Crippen LogP contribution in [0.3, 0.4) is 0 Å². The van der Waals surface area contributed by atoms with Crippen molar-refractivity contribution in [2.45, 2.75) is 11.4 Å². The Hall–Kier alpha value is -1.65. The Kier molecular flexibility index (Phi) is 3.97. The van der Waals surface area contributed by atoms with Crippen LogP contribution in [0.5, 0.6) is 0 Å². The van der Waals surface area contributed by atoms with Gasteiger partial charge in [0.15, 0.2) is 4.67 Å². The largest absolute Gasteiger partial charge is 0.475 e. The summed E-state index contributed by atoms with van der Waals surface area (Å²) in [5.41, 5.74) is 0.675. The third-order valence-corrected chi connectivity index (χ3v) is 5.17. The molecule has 2 N–H and O–H groups in total. The lowest BCUT2D eigenvalue weighted by atomic mass is 10.4. The fraction of sp³-hybridized carbons (Fsp3) is 0.200. The minimum Gasteiger partial charge on any atom is -0.475 e. The first kappa shape index (κ1) is 14.8.